The maximum absolute atomic E-state index is 13.2. The molecule has 6 nitrogen and oxygen atoms in total. The zero-order valence-electron chi connectivity index (χ0n) is 17.9. The Morgan fingerprint density at radius 1 is 1.03 bits per heavy atom. The first-order chi connectivity index (χ1) is 13.9. The number of allylic oxidation sites excluding steroid dienone is 1. The predicted octanol–water partition coefficient (Wildman–Crippen LogP) is 2.06. The Labute approximate surface area is 177 Å². The van der Waals surface area contributed by atoms with Crippen molar-refractivity contribution in [1.82, 2.24) is 0 Å². The van der Waals surface area contributed by atoms with Gasteiger partial charge < -0.3 is 20.1 Å². The van der Waals surface area contributed by atoms with Crippen LogP contribution in [-0.4, -0.2) is 50.5 Å². The van der Waals surface area contributed by atoms with Crippen LogP contribution in [0.5, 0.6) is 0 Å². The van der Waals surface area contributed by atoms with E-state index in [2.05, 4.69) is 6.92 Å². The number of fused-ring (bicyclic) bond motifs is 5. The zero-order chi connectivity index (χ0) is 21.7. The molecule has 5 aliphatic rings. The van der Waals surface area contributed by atoms with E-state index < -0.39 is 34.2 Å². The molecule has 0 aromatic carbocycles. The summed E-state index contributed by atoms with van der Waals surface area (Å²) in [6.45, 7) is 6.04. The lowest BCUT2D eigenvalue weighted by Crippen LogP contribution is -2.61. The van der Waals surface area contributed by atoms with Gasteiger partial charge in [0.15, 0.2) is 5.78 Å². The van der Waals surface area contributed by atoms with Gasteiger partial charge in [-0.15, -0.1) is 0 Å². The lowest BCUT2D eigenvalue weighted by molar-refractivity contribution is -0.166. The summed E-state index contributed by atoms with van der Waals surface area (Å²) in [7, 11) is 0. The van der Waals surface area contributed by atoms with Crippen LogP contribution in [0.3, 0.4) is 0 Å². The summed E-state index contributed by atoms with van der Waals surface area (Å²) < 4.78 is 5.67. The summed E-state index contributed by atoms with van der Waals surface area (Å²) in [4.78, 5) is 25.0. The third kappa shape index (κ3) is 2.36. The molecule has 3 saturated carbocycles. The lowest BCUT2D eigenvalue weighted by atomic mass is 9.45. The first kappa shape index (κ1) is 20.4. The quantitative estimate of drug-likeness (QED) is 0.566. The molecule has 1 aliphatic heterocycles. The Balaban J connectivity index is 1.56. The van der Waals surface area contributed by atoms with Crippen LogP contribution in [0.25, 0.3) is 0 Å². The summed E-state index contributed by atoms with van der Waals surface area (Å²) in [6, 6.07) is 0. The van der Waals surface area contributed by atoms with E-state index in [9.17, 15) is 24.9 Å². The van der Waals surface area contributed by atoms with Crippen LogP contribution < -0.4 is 0 Å². The van der Waals surface area contributed by atoms with Crippen LogP contribution in [0.4, 0.5) is 0 Å². The fourth-order valence-corrected chi connectivity index (χ4v) is 8.00. The fraction of sp³-hybridized carbons (Fsp3) is 0.750. The second kappa shape index (κ2) is 6.05. The first-order valence-electron chi connectivity index (χ1n) is 11.2. The van der Waals surface area contributed by atoms with Gasteiger partial charge in [-0.05, 0) is 74.5 Å². The van der Waals surface area contributed by atoms with Crippen LogP contribution in [-0.2, 0) is 14.3 Å². The van der Waals surface area contributed by atoms with Gasteiger partial charge in [-0.1, -0.05) is 13.8 Å². The molecule has 3 fully saturated rings. The van der Waals surface area contributed by atoms with Gasteiger partial charge in [0.1, 0.15) is 5.60 Å². The molecule has 4 aliphatic carbocycles. The van der Waals surface area contributed by atoms with Gasteiger partial charge in [-0.2, -0.15) is 0 Å². The van der Waals surface area contributed by atoms with Crippen molar-refractivity contribution in [3.63, 3.8) is 0 Å². The van der Waals surface area contributed by atoms with Gasteiger partial charge in [0.05, 0.1) is 17.8 Å². The van der Waals surface area contributed by atoms with E-state index in [1.165, 1.54) is 6.08 Å². The number of ether oxygens (including phenoxy) is 1. The Kier molecular flexibility index (Phi) is 4.11. The van der Waals surface area contributed by atoms with Crippen molar-refractivity contribution >= 4 is 11.8 Å². The highest BCUT2D eigenvalue weighted by atomic mass is 16.6. The maximum atomic E-state index is 13.2. The SMILES string of the molecule is C[C@]12C[C@H](O)[C@H](O)C[C@H]1C(=O)C=C1[C@H]2CC[C@]2(C)[C@@H]([C@@]3(C)C=CC(=O)O3)CC[C@@]12O. The molecule has 0 saturated heterocycles. The molecule has 0 spiro atoms. The first-order valence-corrected chi connectivity index (χ1v) is 11.2. The largest absolute Gasteiger partial charge is 0.452 e. The van der Waals surface area contributed by atoms with Crippen LogP contribution >= 0.6 is 0 Å². The predicted molar refractivity (Wildman–Crippen MR) is 108 cm³/mol. The molecule has 0 aromatic rings. The van der Waals surface area contributed by atoms with Gasteiger partial charge in [0.2, 0.25) is 0 Å². The van der Waals surface area contributed by atoms with Crippen molar-refractivity contribution < 1.29 is 29.6 Å². The van der Waals surface area contributed by atoms with Gasteiger partial charge in [0.25, 0.3) is 0 Å². The van der Waals surface area contributed by atoms with E-state index in [1.807, 2.05) is 19.9 Å². The molecule has 0 unspecified atom stereocenters. The number of hydrogen-bond acceptors (Lipinski definition) is 6. The van der Waals surface area contributed by atoms with Gasteiger partial charge >= 0.3 is 5.97 Å². The number of cyclic esters (lactones) is 1. The minimum Gasteiger partial charge on any atom is -0.452 e. The third-order valence-electron chi connectivity index (χ3n) is 9.68. The Hall–Kier alpha value is -1.50. The number of rotatable bonds is 1. The van der Waals surface area contributed by atoms with Crippen LogP contribution in [0.1, 0.15) is 59.3 Å². The Morgan fingerprint density at radius 2 is 1.77 bits per heavy atom. The summed E-state index contributed by atoms with van der Waals surface area (Å²) in [5.41, 5.74) is -2.09. The van der Waals surface area contributed by atoms with E-state index in [0.717, 1.165) is 18.4 Å². The van der Waals surface area contributed by atoms with Gasteiger partial charge in [-0.3, -0.25) is 4.79 Å². The topological polar surface area (TPSA) is 104 Å². The molecule has 0 radical (unpaired) electrons. The second-order valence-corrected chi connectivity index (χ2v) is 11.0. The molecule has 3 N–H and O–H groups in total. The molecule has 9 atom stereocenters. The van der Waals surface area contributed by atoms with Crippen molar-refractivity contribution in [2.75, 3.05) is 0 Å². The van der Waals surface area contributed by atoms with Crippen molar-refractivity contribution in [1.29, 1.82) is 0 Å². The zero-order valence-corrected chi connectivity index (χ0v) is 17.9. The smallest absolute Gasteiger partial charge is 0.331 e. The summed E-state index contributed by atoms with van der Waals surface area (Å²) in [6.07, 6.45) is 6.64. The van der Waals surface area contributed by atoms with Gasteiger partial charge in [0, 0.05) is 23.3 Å². The molecular weight excluding hydrogens is 384 g/mol. The number of ketones is 1. The molecule has 0 aromatic heterocycles. The normalized spacial score (nSPS) is 54.9. The number of aliphatic hydroxyl groups excluding tert-OH is 2. The summed E-state index contributed by atoms with van der Waals surface area (Å²) >= 11 is 0. The molecule has 0 bridgehead atoms. The monoisotopic (exact) mass is 416 g/mol. The highest BCUT2D eigenvalue weighted by Crippen LogP contribution is 2.68. The molecule has 6 heteroatoms. The summed E-state index contributed by atoms with van der Waals surface area (Å²) in [5.74, 6) is -0.768. The van der Waals surface area contributed by atoms with Crippen molar-refractivity contribution in [3.8, 4) is 0 Å². The number of esters is 1. The van der Waals surface area contributed by atoms with E-state index in [-0.39, 0.29) is 35.9 Å². The summed E-state index contributed by atoms with van der Waals surface area (Å²) in [5, 5.41) is 32.7. The average molecular weight is 417 g/mol. The Morgan fingerprint density at radius 3 is 2.43 bits per heavy atom. The van der Waals surface area contributed by atoms with Gasteiger partial charge in [-0.25, -0.2) is 4.79 Å². The van der Waals surface area contributed by atoms with Crippen LogP contribution in [0.2, 0.25) is 0 Å². The standard InChI is InChI=1S/C24H32O6/c1-21-12-18(27)17(26)11-15(21)16(25)10-14-13(21)4-7-22(2)19(5-9-24(14,22)29)23(3)8-6-20(28)30-23/h6,8,10,13,15,17-19,26-27,29H,4-5,7,9,11-12H2,1-3H3/t13-,15+,17-,18+,19+,21-,22-,23-,24-/m1/s1. The number of aliphatic hydroxyl groups is 3. The second-order valence-electron chi connectivity index (χ2n) is 11.0. The minimum atomic E-state index is -1.14. The molecule has 0 amide bonds. The van der Waals surface area contributed by atoms with E-state index in [4.69, 9.17) is 4.74 Å². The van der Waals surface area contributed by atoms with Crippen molar-refractivity contribution in [2.24, 2.45) is 28.6 Å². The number of carbonyl (C=O) groups is 2. The molecule has 30 heavy (non-hydrogen) atoms. The van der Waals surface area contributed by atoms with E-state index >= 15 is 0 Å². The Bertz CT molecular complexity index is 877. The van der Waals surface area contributed by atoms with Crippen LogP contribution in [0.15, 0.2) is 23.8 Å². The number of hydrogen-bond donors (Lipinski definition) is 3. The van der Waals surface area contributed by atoms with E-state index in [1.54, 1.807) is 6.08 Å². The molecule has 164 valence electrons. The van der Waals surface area contributed by atoms with Crippen LogP contribution in [0, 0.1) is 28.6 Å². The maximum Gasteiger partial charge on any atom is 0.331 e. The average Bonchev–Trinajstić information content (AvgIpc) is 3.15. The van der Waals surface area contributed by atoms with Crippen molar-refractivity contribution in [2.45, 2.75) is 82.7 Å². The highest BCUT2D eigenvalue weighted by molar-refractivity contribution is 5.95. The minimum absolute atomic E-state index is 0.00588. The number of carbonyl (C=O) groups excluding carboxylic acids is 2. The molecule has 1 heterocycles. The highest BCUT2D eigenvalue weighted by Gasteiger charge is 2.69. The van der Waals surface area contributed by atoms with E-state index in [0.29, 0.717) is 19.3 Å². The molecular formula is C24H32O6. The van der Waals surface area contributed by atoms with Crippen molar-refractivity contribution in [3.05, 3.63) is 23.8 Å². The fourth-order valence-electron chi connectivity index (χ4n) is 8.00. The lowest BCUT2D eigenvalue weighted by Gasteiger charge is -2.60. The molecule has 5 rings (SSSR count). The third-order valence-corrected chi connectivity index (χ3v) is 9.68.